The Balaban J connectivity index is 1.19. The monoisotopic (exact) mass is 507 g/mol. The van der Waals surface area contributed by atoms with Crippen LogP contribution in [0.25, 0.3) is 11.1 Å². The van der Waals surface area contributed by atoms with E-state index in [1.807, 2.05) is 33.8 Å². The normalized spacial score (nSPS) is 29.3. The minimum atomic E-state index is -1.25. The Morgan fingerprint density at radius 3 is 2.68 bits per heavy atom. The number of carbonyl (C=O) groups excluding carboxylic acids is 1. The first kappa shape index (κ1) is 24.6. The molecule has 0 aromatic carbocycles. The van der Waals surface area contributed by atoms with E-state index in [-0.39, 0.29) is 5.92 Å². The minimum absolute atomic E-state index is 0.260. The molecule has 0 spiro atoms. The number of fused-ring (bicyclic) bond motifs is 1. The van der Waals surface area contributed by atoms with Gasteiger partial charge in [0.2, 0.25) is 5.91 Å². The highest BCUT2D eigenvalue weighted by atomic mass is 19.1. The first-order chi connectivity index (χ1) is 17.8. The first-order valence-corrected chi connectivity index (χ1v) is 13.8. The smallest absolute Gasteiger partial charge is 0.225 e. The minimum Gasteiger partial charge on any atom is -0.388 e. The molecule has 6 rings (SSSR count). The number of hydrogen-bond donors (Lipinski definition) is 1. The molecule has 3 atom stereocenters. The number of piperidine rings is 1. The van der Waals surface area contributed by atoms with E-state index in [1.54, 1.807) is 12.3 Å². The summed E-state index contributed by atoms with van der Waals surface area (Å²) in [7, 11) is 0. The summed E-state index contributed by atoms with van der Waals surface area (Å²) in [6, 6.07) is 4.43. The number of alkyl halides is 1. The number of nitrogens with zero attached hydrogens (tertiary/aromatic N) is 5. The number of hydrogen-bond acceptors (Lipinski definition) is 5. The van der Waals surface area contributed by atoms with Gasteiger partial charge in [0.05, 0.1) is 16.8 Å². The molecule has 1 saturated carbocycles. The van der Waals surface area contributed by atoms with Crippen molar-refractivity contribution in [1.82, 2.24) is 19.4 Å². The molecule has 8 heteroatoms. The molecule has 2 aromatic heterocycles. The standard InChI is InChI=1S/C29H38FN5O2/c1-20(2)34-11-3-9-29(37,19-34)24-7-6-22(16-25(24)30)23-17-27-26(8-10-31-35(27)18-23)32-12-14-33(15-13-32)28(36)21-4-5-21/h6-8,10,16-18,20-21,24-25,37H,3-5,9,11-15,19H2,1-2H3/t24?,25?,29-/m0/s1. The average molecular weight is 508 g/mol. The van der Waals surface area contributed by atoms with Gasteiger partial charge in [0.25, 0.3) is 0 Å². The van der Waals surface area contributed by atoms with Crippen molar-refractivity contribution in [3.05, 3.63) is 48.3 Å². The Labute approximate surface area is 218 Å². The van der Waals surface area contributed by atoms with Crippen LogP contribution in [0.1, 0.15) is 45.1 Å². The molecule has 3 fully saturated rings. The van der Waals surface area contributed by atoms with Gasteiger partial charge >= 0.3 is 0 Å². The number of amides is 1. The zero-order valence-electron chi connectivity index (χ0n) is 21.9. The Bertz CT molecular complexity index is 1230. The summed E-state index contributed by atoms with van der Waals surface area (Å²) in [6.07, 6.45) is 11.6. The molecule has 0 bridgehead atoms. The van der Waals surface area contributed by atoms with Crippen molar-refractivity contribution in [3.8, 4) is 0 Å². The number of rotatable bonds is 5. The van der Waals surface area contributed by atoms with E-state index in [4.69, 9.17) is 0 Å². The lowest BCUT2D eigenvalue weighted by molar-refractivity contribution is -0.132. The maximum atomic E-state index is 15.6. The molecule has 198 valence electrons. The van der Waals surface area contributed by atoms with Crippen molar-refractivity contribution in [1.29, 1.82) is 0 Å². The van der Waals surface area contributed by atoms with Gasteiger partial charge in [-0.15, -0.1) is 0 Å². The molecule has 1 amide bonds. The molecule has 2 aliphatic carbocycles. The molecule has 7 nitrogen and oxygen atoms in total. The van der Waals surface area contributed by atoms with E-state index in [1.165, 1.54) is 0 Å². The van der Waals surface area contributed by atoms with Crippen LogP contribution in [-0.4, -0.2) is 87.5 Å². The molecular formula is C29H38FN5O2. The molecule has 4 heterocycles. The van der Waals surface area contributed by atoms with E-state index in [0.717, 1.165) is 74.3 Å². The summed E-state index contributed by atoms with van der Waals surface area (Å²) in [6.45, 7) is 8.78. The van der Waals surface area contributed by atoms with Gasteiger partial charge in [-0.3, -0.25) is 9.69 Å². The fourth-order valence-electron chi connectivity index (χ4n) is 6.30. The van der Waals surface area contributed by atoms with Crippen LogP contribution in [0.2, 0.25) is 0 Å². The lowest BCUT2D eigenvalue weighted by atomic mass is 9.75. The van der Waals surface area contributed by atoms with Gasteiger partial charge in [-0.25, -0.2) is 8.91 Å². The van der Waals surface area contributed by atoms with Crippen molar-refractivity contribution in [2.75, 3.05) is 44.2 Å². The van der Waals surface area contributed by atoms with Crippen LogP contribution in [0.5, 0.6) is 0 Å². The van der Waals surface area contributed by atoms with Gasteiger partial charge in [0.1, 0.15) is 6.17 Å². The Morgan fingerprint density at radius 2 is 1.97 bits per heavy atom. The van der Waals surface area contributed by atoms with Gasteiger partial charge in [-0.1, -0.05) is 12.2 Å². The highest BCUT2D eigenvalue weighted by molar-refractivity contribution is 5.84. The highest BCUT2D eigenvalue weighted by Crippen LogP contribution is 2.39. The number of allylic oxidation sites excluding steroid dienone is 3. The van der Waals surface area contributed by atoms with Crippen LogP contribution in [0.3, 0.4) is 0 Å². The fraction of sp³-hybridized carbons (Fsp3) is 0.586. The Kier molecular flexibility index (Phi) is 6.35. The van der Waals surface area contributed by atoms with E-state index < -0.39 is 17.7 Å². The molecule has 37 heavy (non-hydrogen) atoms. The predicted molar refractivity (Wildman–Crippen MR) is 143 cm³/mol. The van der Waals surface area contributed by atoms with E-state index in [2.05, 4.69) is 34.8 Å². The van der Waals surface area contributed by atoms with Crippen LogP contribution in [0.15, 0.2) is 42.8 Å². The summed E-state index contributed by atoms with van der Waals surface area (Å²) < 4.78 is 17.4. The van der Waals surface area contributed by atoms with E-state index >= 15 is 4.39 Å². The molecule has 1 N–H and O–H groups in total. The van der Waals surface area contributed by atoms with Gasteiger partial charge < -0.3 is 14.9 Å². The van der Waals surface area contributed by atoms with E-state index in [9.17, 15) is 9.90 Å². The third kappa shape index (κ3) is 4.70. The lowest BCUT2D eigenvalue weighted by Gasteiger charge is -2.45. The van der Waals surface area contributed by atoms with Crippen LogP contribution in [0, 0.1) is 11.8 Å². The summed E-state index contributed by atoms with van der Waals surface area (Å²) >= 11 is 0. The number of likely N-dealkylation sites (tertiary alicyclic amines) is 1. The second-order valence-electron chi connectivity index (χ2n) is 11.6. The van der Waals surface area contributed by atoms with Crippen molar-refractivity contribution >= 4 is 22.7 Å². The maximum absolute atomic E-state index is 15.6. The third-order valence-electron chi connectivity index (χ3n) is 8.73. The van der Waals surface area contributed by atoms with Gasteiger partial charge in [-0.05, 0) is 69.9 Å². The van der Waals surface area contributed by atoms with Crippen molar-refractivity contribution < 1.29 is 14.3 Å². The predicted octanol–water partition coefficient (Wildman–Crippen LogP) is 3.54. The van der Waals surface area contributed by atoms with Gasteiger partial charge in [-0.2, -0.15) is 5.10 Å². The average Bonchev–Trinajstić information content (AvgIpc) is 3.65. The molecular weight excluding hydrogens is 469 g/mol. The zero-order chi connectivity index (χ0) is 25.7. The second kappa shape index (κ2) is 9.55. The number of anilines is 1. The van der Waals surface area contributed by atoms with Crippen molar-refractivity contribution in [2.24, 2.45) is 11.8 Å². The van der Waals surface area contributed by atoms with Crippen LogP contribution >= 0.6 is 0 Å². The van der Waals surface area contributed by atoms with Gasteiger partial charge in [0, 0.05) is 68.6 Å². The first-order valence-electron chi connectivity index (χ1n) is 13.8. The van der Waals surface area contributed by atoms with Crippen molar-refractivity contribution in [2.45, 2.75) is 57.3 Å². The molecule has 4 aliphatic rings. The number of aromatic nitrogens is 2. The molecule has 0 radical (unpaired) electrons. The zero-order valence-corrected chi connectivity index (χ0v) is 21.9. The summed E-state index contributed by atoms with van der Waals surface area (Å²) in [5, 5.41) is 15.9. The maximum Gasteiger partial charge on any atom is 0.225 e. The van der Waals surface area contributed by atoms with Crippen molar-refractivity contribution in [3.63, 3.8) is 0 Å². The molecule has 2 saturated heterocycles. The number of carbonyl (C=O) groups is 1. The highest BCUT2D eigenvalue weighted by Gasteiger charge is 2.44. The quantitative estimate of drug-likeness (QED) is 0.671. The summed E-state index contributed by atoms with van der Waals surface area (Å²) in [5.41, 5.74) is 2.74. The third-order valence-corrected chi connectivity index (χ3v) is 8.73. The number of halogens is 1. The van der Waals surface area contributed by atoms with E-state index in [0.29, 0.717) is 24.9 Å². The number of piperazine rings is 1. The Morgan fingerprint density at radius 1 is 1.19 bits per heavy atom. The SMILES string of the molecule is CC(C)N1CCC[C@@](O)(C2C=CC(c3cc4c(N5CCN(C(=O)C6CC6)CC5)ccnn4c3)=CC2F)C1. The molecule has 2 aromatic rings. The lowest BCUT2D eigenvalue weighted by Crippen LogP contribution is -2.56. The topological polar surface area (TPSA) is 64.3 Å². The van der Waals surface area contributed by atoms with Crippen LogP contribution in [-0.2, 0) is 4.79 Å². The Hall–Kier alpha value is -2.71. The number of β-amino-alcohol motifs (C(OH)–C–C–N with tert-alkyl or cyclic N) is 1. The fourth-order valence-corrected chi connectivity index (χ4v) is 6.30. The second-order valence-corrected chi connectivity index (χ2v) is 11.6. The molecule has 2 unspecified atom stereocenters. The van der Waals surface area contributed by atoms with Crippen LogP contribution < -0.4 is 4.90 Å². The summed E-state index contributed by atoms with van der Waals surface area (Å²) in [4.78, 5) is 19.0. The largest absolute Gasteiger partial charge is 0.388 e. The van der Waals surface area contributed by atoms with Gasteiger partial charge in [0.15, 0.2) is 0 Å². The number of aliphatic hydroxyl groups is 1. The molecule has 2 aliphatic heterocycles. The van der Waals surface area contributed by atoms with Crippen LogP contribution in [0.4, 0.5) is 10.1 Å². The summed E-state index contributed by atoms with van der Waals surface area (Å²) in [5.74, 6) is 0.0312.